The number of benzene rings is 1. The third-order valence-electron chi connectivity index (χ3n) is 4.63. The Kier molecular flexibility index (Phi) is 5.51. The number of rotatable bonds is 7. The molecule has 0 heterocycles. The number of anilines is 1. The van der Waals surface area contributed by atoms with E-state index in [1.165, 1.54) is 37.7 Å². The van der Waals surface area contributed by atoms with Crippen molar-refractivity contribution < 1.29 is 4.74 Å². The molecule has 1 aromatic rings. The van der Waals surface area contributed by atoms with E-state index in [1.54, 1.807) is 7.11 Å². The summed E-state index contributed by atoms with van der Waals surface area (Å²) >= 11 is 0. The second-order valence-corrected chi connectivity index (χ2v) is 6.98. The maximum absolute atomic E-state index is 5.81. The molecule has 0 saturated heterocycles. The fraction of sp³-hybridized carbons (Fsp3) is 0.667. The molecule has 21 heavy (non-hydrogen) atoms. The van der Waals surface area contributed by atoms with E-state index in [2.05, 4.69) is 25.2 Å². The van der Waals surface area contributed by atoms with Gasteiger partial charge in [0, 0.05) is 30.4 Å². The fourth-order valence-electron chi connectivity index (χ4n) is 3.81. The average Bonchev–Trinajstić information content (AvgIpc) is 2.88. The molecule has 2 rings (SSSR count). The number of ether oxygens (including phenoxy) is 1. The topological polar surface area (TPSA) is 47.3 Å². The highest BCUT2D eigenvalue weighted by Gasteiger charge is 2.33. The van der Waals surface area contributed by atoms with Crippen molar-refractivity contribution >= 4 is 5.69 Å². The molecule has 0 aliphatic heterocycles. The Morgan fingerprint density at radius 2 is 2.00 bits per heavy atom. The Balaban J connectivity index is 1.93. The minimum atomic E-state index is 0.509. The molecule has 1 saturated carbocycles. The van der Waals surface area contributed by atoms with Gasteiger partial charge in [-0.25, -0.2) is 0 Å². The molecule has 0 aromatic heterocycles. The van der Waals surface area contributed by atoms with Crippen molar-refractivity contribution in [1.29, 1.82) is 0 Å². The molecule has 0 spiro atoms. The summed E-state index contributed by atoms with van der Waals surface area (Å²) in [5, 5.41) is 3.66. The highest BCUT2D eigenvalue weighted by molar-refractivity contribution is 5.48. The smallest absolute Gasteiger partial charge is 0.125 e. The van der Waals surface area contributed by atoms with Crippen molar-refractivity contribution in [3.8, 4) is 5.75 Å². The summed E-state index contributed by atoms with van der Waals surface area (Å²) in [6.07, 6.45) is 6.85. The molecule has 1 aliphatic carbocycles. The predicted octanol–water partition coefficient (Wildman–Crippen LogP) is 3.97. The van der Waals surface area contributed by atoms with Crippen LogP contribution in [0.25, 0.3) is 0 Å². The van der Waals surface area contributed by atoms with E-state index >= 15 is 0 Å². The lowest BCUT2D eigenvalue weighted by atomic mass is 9.78. The van der Waals surface area contributed by atoms with Crippen LogP contribution in [0.1, 0.15) is 51.5 Å². The van der Waals surface area contributed by atoms with E-state index in [0.717, 1.165) is 30.4 Å². The zero-order valence-corrected chi connectivity index (χ0v) is 13.7. The lowest BCUT2D eigenvalue weighted by Crippen LogP contribution is -2.33. The molecule has 118 valence electrons. The molecule has 1 fully saturated rings. The molecule has 0 unspecified atom stereocenters. The van der Waals surface area contributed by atoms with E-state index in [0.29, 0.717) is 5.41 Å². The summed E-state index contributed by atoms with van der Waals surface area (Å²) in [7, 11) is 1.70. The van der Waals surface area contributed by atoms with Crippen LogP contribution in [0.15, 0.2) is 18.2 Å². The lowest BCUT2D eigenvalue weighted by molar-refractivity contribution is 0.223. The zero-order chi connectivity index (χ0) is 15.3. The highest BCUT2D eigenvalue weighted by Crippen LogP contribution is 2.42. The quantitative estimate of drug-likeness (QED) is 0.747. The van der Waals surface area contributed by atoms with Gasteiger partial charge in [-0.1, -0.05) is 32.8 Å². The van der Waals surface area contributed by atoms with Crippen LogP contribution in [0, 0.1) is 11.3 Å². The van der Waals surface area contributed by atoms with Gasteiger partial charge in [-0.2, -0.15) is 0 Å². The number of nitrogen functional groups attached to an aromatic ring is 1. The summed E-state index contributed by atoms with van der Waals surface area (Å²) in [6, 6.07) is 5.90. The lowest BCUT2D eigenvalue weighted by Gasteiger charge is -2.31. The van der Waals surface area contributed by atoms with Gasteiger partial charge in [0.15, 0.2) is 0 Å². The monoisotopic (exact) mass is 290 g/mol. The van der Waals surface area contributed by atoms with E-state index < -0.39 is 0 Å². The zero-order valence-electron chi connectivity index (χ0n) is 13.7. The van der Waals surface area contributed by atoms with Crippen LogP contribution < -0.4 is 15.8 Å². The summed E-state index contributed by atoms with van der Waals surface area (Å²) in [5.74, 6) is 1.66. The van der Waals surface area contributed by atoms with Crippen LogP contribution in [0.4, 0.5) is 5.69 Å². The molecule has 0 amide bonds. The molecule has 0 radical (unpaired) electrons. The largest absolute Gasteiger partial charge is 0.496 e. The van der Waals surface area contributed by atoms with Gasteiger partial charge in [0.2, 0.25) is 0 Å². The van der Waals surface area contributed by atoms with Gasteiger partial charge < -0.3 is 15.8 Å². The van der Waals surface area contributed by atoms with Crippen LogP contribution in [-0.4, -0.2) is 13.7 Å². The Labute approximate surface area is 129 Å². The molecule has 3 N–H and O–H groups in total. The Hall–Kier alpha value is -1.22. The van der Waals surface area contributed by atoms with Crippen molar-refractivity contribution in [2.24, 2.45) is 11.3 Å². The van der Waals surface area contributed by atoms with Crippen molar-refractivity contribution in [2.45, 2.75) is 52.5 Å². The Morgan fingerprint density at radius 1 is 1.29 bits per heavy atom. The molecule has 3 heteroatoms. The third kappa shape index (κ3) is 4.37. The van der Waals surface area contributed by atoms with Crippen LogP contribution in [0.5, 0.6) is 5.75 Å². The molecule has 0 bridgehead atoms. The summed E-state index contributed by atoms with van der Waals surface area (Å²) in [6.45, 7) is 6.63. The Morgan fingerprint density at radius 3 is 2.62 bits per heavy atom. The van der Waals surface area contributed by atoms with Crippen molar-refractivity contribution in [1.82, 2.24) is 5.32 Å². The van der Waals surface area contributed by atoms with Gasteiger partial charge in [0.25, 0.3) is 0 Å². The second-order valence-electron chi connectivity index (χ2n) is 6.98. The number of hydrogen-bond acceptors (Lipinski definition) is 3. The predicted molar refractivity (Wildman–Crippen MR) is 89.5 cm³/mol. The van der Waals surface area contributed by atoms with Crippen LogP contribution in [-0.2, 0) is 6.54 Å². The van der Waals surface area contributed by atoms with Crippen LogP contribution in [0.2, 0.25) is 0 Å². The van der Waals surface area contributed by atoms with Gasteiger partial charge in [0.05, 0.1) is 7.11 Å². The SMILES string of the molecule is COc1cc(N)ccc1CNCC1(CC(C)C)CCCC1. The van der Waals surface area contributed by atoms with Crippen molar-refractivity contribution in [3.63, 3.8) is 0 Å². The average molecular weight is 290 g/mol. The van der Waals surface area contributed by atoms with Gasteiger partial charge in [-0.05, 0) is 36.7 Å². The van der Waals surface area contributed by atoms with Crippen LogP contribution in [0.3, 0.4) is 0 Å². The first-order valence-electron chi connectivity index (χ1n) is 8.18. The van der Waals surface area contributed by atoms with Crippen molar-refractivity contribution in [3.05, 3.63) is 23.8 Å². The molecule has 3 nitrogen and oxygen atoms in total. The van der Waals surface area contributed by atoms with Gasteiger partial charge >= 0.3 is 0 Å². The van der Waals surface area contributed by atoms with Gasteiger partial charge in [-0.3, -0.25) is 0 Å². The van der Waals surface area contributed by atoms with Gasteiger partial charge in [-0.15, -0.1) is 0 Å². The standard InChI is InChI=1S/C18H30N2O/c1-14(2)11-18(8-4-5-9-18)13-20-12-15-6-7-16(19)10-17(15)21-3/h6-7,10,14,20H,4-5,8-9,11-13,19H2,1-3H3. The summed E-state index contributed by atoms with van der Waals surface area (Å²) in [5.41, 5.74) is 8.25. The number of methoxy groups -OCH3 is 1. The summed E-state index contributed by atoms with van der Waals surface area (Å²) in [4.78, 5) is 0. The van der Waals surface area contributed by atoms with E-state index in [4.69, 9.17) is 10.5 Å². The minimum Gasteiger partial charge on any atom is -0.496 e. The first-order valence-corrected chi connectivity index (χ1v) is 8.18. The molecular weight excluding hydrogens is 260 g/mol. The van der Waals surface area contributed by atoms with E-state index in [9.17, 15) is 0 Å². The number of hydrogen-bond donors (Lipinski definition) is 2. The first-order chi connectivity index (χ1) is 10.0. The molecule has 1 aromatic carbocycles. The second kappa shape index (κ2) is 7.17. The third-order valence-corrected chi connectivity index (χ3v) is 4.63. The molecule has 0 atom stereocenters. The molecule has 1 aliphatic rings. The number of nitrogens with two attached hydrogens (primary N) is 1. The minimum absolute atomic E-state index is 0.509. The molecular formula is C18H30N2O. The maximum atomic E-state index is 5.81. The van der Waals surface area contributed by atoms with E-state index in [-0.39, 0.29) is 0 Å². The van der Waals surface area contributed by atoms with Crippen molar-refractivity contribution in [2.75, 3.05) is 19.4 Å². The van der Waals surface area contributed by atoms with E-state index in [1.807, 2.05) is 12.1 Å². The van der Waals surface area contributed by atoms with Crippen LogP contribution >= 0.6 is 0 Å². The maximum Gasteiger partial charge on any atom is 0.125 e. The fourth-order valence-corrected chi connectivity index (χ4v) is 3.81. The summed E-state index contributed by atoms with van der Waals surface area (Å²) < 4.78 is 5.42. The first kappa shape index (κ1) is 16.2. The number of nitrogens with one attached hydrogen (secondary N) is 1. The highest BCUT2D eigenvalue weighted by atomic mass is 16.5. The van der Waals surface area contributed by atoms with Gasteiger partial charge in [0.1, 0.15) is 5.75 Å². The Bertz CT molecular complexity index is 451. The normalized spacial score (nSPS) is 17.3.